The summed E-state index contributed by atoms with van der Waals surface area (Å²) in [5.74, 6) is 0.357. The van der Waals surface area contributed by atoms with Gasteiger partial charge in [-0.05, 0) is 26.0 Å². The standard InChI is InChI=1S/C13H15N3O2S/c1-3-18-13(17)10-4-5-12(14-6-10)15-7-11-8-19-9(2)16-11/h4-6,8H,3,7H2,1-2H3,(H,14,15). The number of aromatic nitrogens is 2. The van der Waals surface area contributed by atoms with Crippen LogP contribution in [0.2, 0.25) is 0 Å². The molecule has 0 atom stereocenters. The van der Waals surface area contributed by atoms with Crippen molar-refractivity contribution in [1.82, 2.24) is 9.97 Å². The monoisotopic (exact) mass is 277 g/mol. The summed E-state index contributed by atoms with van der Waals surface area (Å²) >= 11 is 1.62. The number of hydrogen-bond acceptors (Lipinski definition) is 6. The molecule has 0 bridgehead atoms. The maximum Gasteiger partial charge on any atom is 0.339 e. The van der Waals surface area contributed by atoms with Gasteiger partial charge in [0.15, 0.2) is 0 Å². The molecule has 0 unspecified atom stereocenters. The number of nitrogens with one attached hydrogen (secondary N) is 1. The molecule has 0 spiro atoms. The first-order valence-electron chi connectivity index (χ1n) is 5.97. The summed E-state index contributed by atoms with van der Waals surface area (Å²) in [5, 5.41) is 6.21. The Labute approximate surface area is 115 Å². The zero-order valence-electron chi connectivity index (χ0n) is 10.8. The molecule has 2 aromatic heterocycles. The molecule has 0 saturated heterocycles. The summed E-state index contributed by atoms with van der Waals surface area (Å²) < 4.78 is 4.89. The molecule has 0 aromatic carbocycles. The smallest absolute Gasteiger partial charge is 0.339 e. The Hall–Kier alpha value is -1.95. The number of anilines is 1. The van der Waals surface area contributed by atoms with Gasteiger partial charge in [-0.2, -0.15) is 0 Å². The molecule has 0 fully saturated rings. The normalized spacial score (nSPS) is 10.2. The largest absolute Gasteiger partial charge is 0.462 e. The van der Waals surface area contributed by atoms with Crippen LogP contribution in [0.5, 0.6) is 0 Å². The van der Waals surface area contributed by atoms with E-state index >= 15 is 0 Å². The Balaban J connectivity index is 1.93. The highest BCUT2D eigenvalue weighted by Crippen LogP contribution is 2.11. The van der Waals surface area contributed by atoms with Crippen molar-refractivity contribution in [2.75, 3.05) is 11.9 Å². The lowest BCUT2D eigenvalue weighted by molar-refractivity contribution is 0.0526. The Morgan fingerprint density at radius 1 is 1.47 bits per heavy atom. The fourth-order valence-electron chi connectivity index (χ4n) is 1.50. The first-order valence-corrected chi connectivity index (χ1v) is 6.85. The molecule has 6 heteroatoms. The van der Waals surface area contributed by atoms with Crippen LogP contribution >= 0.6 is 11.3 Å². The van der Waals surface area contributed by atoms with Crippen molar-refractivity contribution < 1.29 is 9.53 Å². The van der Waals surface area contributed by atoms with Gasteiger partial charge in [0.2, 0.25) is 0 Å². The summed E-state index contributed by atoms with van der Waals surface area (Å²) in [5.41, 5.74) is 1.44. The number of carbonyl (C=O) groups excluding carboxylic acids is 1. The van der Waals surface area contributed by atoms with E-state index in [9.17, 15) is 4.79 Å². The van der Waals surface area contributed by atoms with E-state index in [2.05, 4.69) is 15.3 Å². The fraction of sp³-hybridized carbons (Fsp3) is 0.308. The van der Waals surface area contributed by atoms with Gasteiger partial charge < -0.3 is 10.1 Å². The summed E-state index contributed by atoms with van der Waals surface area (Å²) in [6, 6.07) is 3.45. The summed E-state index contributed by atoms with van der Waals surface area (Å²) in [4.78, 5) is 20.0. The molecule has 2 rings (SSSR count). The van der Waals surface area contributed by atoms with Crippen LogP contribution in [0.1, 0.15) is 28.0 Å². The topological polar surface area (TPSA) is 64.1 Å². The minimum Gasteiger partial charge on any atom is -0.462 e. The predicted octanol–water partition coefficient (Wildman–Crippen LogP) is 2.64. The van der Waals surface area contributed by atoms with E-state index < -0.39 is 0 Å². The molecule has 19 heavy (non-hydrogen) atoms. The quantitative estimate of drug-likeness (QED) is 0.851. The first-order chi connectivity index (χ1) is 9.19. The van der Waals surface area contributed by atoms with Gasteiger partial charge in [-0.25, -0.2) is 14.8 Å². The van der Waals surface area contributed by atoms with E-state index in [0.29, 0.717) is 24.5 Å². The summed E-state index contributed by atoms with van der Waals surface area (Å²) in [7, 11) is 0. The van der Waals surface area contributed by atoms with Crippen LogP contribution in [0.3, 0.4) is 0 Å². The number of carbonyl (C=O) groups is 1. The molecule has 100 valence electrons. The number of ether oxygens (including phenoxy) is 1. The highest BCUT2D eigenvalue weighted by Gasteiger charge is 2.06. The Morgan fingerprint density at radius 2 is 2.32 bits per heavy atom. The van der Waals surface area contributed by atoms with Crippen molar-refractivity contribution in [3.63, 3.8) is 0 Å². The number of rotatable bonds is 5. The van der Waals surface area contributed by atoms with Gasteiger partial charge in [0.05, 0.1) is 29.4 Å². The van der Waals surface area contributed by atoms with Crippen LogP contribution in [-0.2, 0) is 11.3 Å². The SMILES string of the molecule is CCOC(=O)c1ccc(NCc2csc(C)n2)nc1. The van der Waals surface area contributed by atoms with Gasteiger partial charge in [0.25, 0.3) is 0 Å². The van der Waals surface area contributed by atoms with Gasteiger partial charge in [0.1, 0.15) is 5.82 Å². The van der Waals surface area contributed by atoms with Crippen molar-refractivity contribution >= 4 is 23.1 Å². The van der Waals surface area contributed by atoms with Crippen molar-refractivity contribution in [3.8, 4) is 0 Å². The minimum atomic E-state index is -0.350. The minimum absolute atomic E-state index is 0.350. The lowest BCUT2D eigenvalue weighted by atomic mass is 10.3. The second-order valence-corrected chi connectivity index (χ2v) is 4.93. The lowest BCUT2D eigenvalue weighted by Crippen LogP contribution is -2.06. The van der Waals surface area contributed by atoms with E-state index in [1.54, 1.807) is 30.4 Å². The van der Waals surface area contributed by atoms with Crippen LogP contribution < -0.4 is 5.32 Å². The summed E-state index contributed by atoms with van der Waals surface area (Å²) in [6.45, 7) is 4.73. The van der Waals surface area contributed by atoms with Crippen molar-refractivity contribution in [3.05, 3.63) is 40.0 Å². The second-order valence-electron chi connectivity index (χ2n) is 3.86. The van der Waals surface area contributed by atoms with E-state index in [0.717, 1.165) is 10.7 Å². The molecule has 1 N–H and O–H groups in total. The fourth-order valence-corrected chi connectivity index (χ4v) is 2.12. The van der Waals surface area contributed by atoms with Crippen LogP contribution in [0.4, 0.5) is 5.82 Å². The zero-order valence-corrected chi connectivity index (χ0v) is 11.7. The van der Waals surface area contributed by atoms with Crippen LogP contribution in [0.15, 0.2) is 23.7 Å². The third kappa shape index (κ3) is 3.75. The van der Waals surface area contributed by atoms with Crippen molar-refractivity contribution in [2.24, 2.45) is 0 Å². The molecule has 5 nitrogen and oxygen atoms in total. The molecule has 0 saturated carbocycles. The maximum atomic E-state index is 11.4. The number of aryl methyl sites for hydroxylation is 1. The molecule has 0 aliphatic rings. The van der Waals surface area contributed by atoms with Gasteiger partial charge in [-0.3, -0.25) is 0 Å². The van der Waals surface area contributed by atoms with Crippen molar-refractivity contribution in [2.45, 2.75) is 20.4 Å². The van der Waals surface area contributed by atoms with Gasteiger partial charge >= 0.3 is 5.97 Å². The molecular formula is C13H15N3O2S. The average Bonchev–Trinajstić information content (AvgIpc) is 2.83. The van der Waals surface area contributed by atoms with Crippen LogP contribution in [0.25, 0.3) is 0 Å². The van der Waals surface area contributed by atoms with Crippen LogP contribution in [-0.4, -0.2) is 22.5 Å². The third-order valence-corrected chi connectivity index (χ3v) is 3.21. The number of esters is 1. The van der Waals surface area contributed by atoms with Gasteiger partial charge in [0, 0.05) is 11.6 Å². The highest BCUT2D eigenvalue weighted by atomic mass is 32.1. The van der Waals surface area contributed by atoms with Gasteiger partial charge in [-0.15, -0.1) is 11.3 Å². The second kappa shape index (κ2) is 6.29. The Bertz CT molecular complexity index is 551. The Morgan fingerprint density at radius 3 is 2.89 bits per heavy atom. The maximum absolute atomic E-state index is 11.4. The van der Waals surface area contributed by atoms with E-state index in [-0.39, 0.29) is 5.97 Å². The molecule has 0 radical (unpaired) electrons. The Kier molecular flexibility index (Phi) is 4.46. The van der Waals surface area contributed by atoms with Crippen LogP contribution in [0, 0.1) is 6.92 Å². The van der Waals surface area contributed by atoms with E-state index in [1.165, 1.54) is 6.20 Å². The molecule has 2 aromatic rings. The molecular weight excluding hydrogens is 262 g/mol. The average molecular weight is 277 g/mol. The predicted molar refractivity (Wildman–Crippen MR) is 74.4 cm³/mol. The molecule has 0 amide bonds. The zero-order chi connectivity index (χ0) is 13.7. The molecule has 0 aliphatic heterocycles. The summed E-state index contributed by atoms with van der Waals surface area (Å²) in [6.07, 6.45) is 1.51. The first kappa shape index (κ1) is 13.5. The lowest BCUT2D eigenvalue weighted by Gasteiger charge is -2.05. The van der Waals surface area contributed by atoms with Gasteiger partial charge in [-0.1, -0.05) is 0 Å². The number of pyridine rings is 1. The van der Waals surface area contributed by atoms with Crippen molar-refractivity contribution in [1.29, 1.82) is 0 Å². The molecule has 2 heterocycles. The highest BCUT2D eigenvalue weighted by molar-refractivity contribution is 7.09. The number of thiazole rings is 1. The number of hydrogen-bond donors (Lipinski definition) is 1. The molecule has 0 aliphatic carbocycles. The number of nitrogens with zero attached hydrogens (tertiary/aromatic N) is 2. The third-order valence-electron chi connectivity index (χ3n) is 2.39. The van der Waals surface area contributed by atoms with E-state index in [1.807, 2.05) is 12.3 Å². The van der Waals surface area contributed by atoms with E-state index in [4.69, 9.17) is 4.74 Å².